The van der Waals surface area contributed by atoms with Gasteiger partial charge in [-0.2, -0.15) is 0 Å². The number of piperazine rings is 1. The maximum atomic E-state index is 12.6. The van der Waals surface area contributed by atoms with E-state index in [0.717, 1.165) is 39.0 Å². The predicted molar refractivity (Wildman–Crippen MR) is 82.2 cm³/mol. The summed E-state index contributed by atoms with van der Waals surface area (Å²) in [6.45, 7) is 6.26. The molecule has 0 spiro atoms. The van der Waals surface area contributed by atoms with Gasteiger partial charge in [0.25, 0.3) is 0 Å². The van der Waals surface area contributed by atoms with E-state index >= 15 is 0 Å². The van der Waals surface area contributed by atoms with Gasteiger partial charge in [0.1, 0.15) is 5.54 Å². The van der Waals surface area contributed by atoms with Gasteiger partial charge in [-0.05, 0) is 45.6 Å². The SMILES string of the molecule is COC(=O)C(CN1CCN(C)CC1C)(NC1CC1)C1CC1. The molecule has 1 N–H and O–H groups in total. The fourth-order valence-corrected chi connectivity index (χ4v) is 3.67. The van der Waals surface area contributed by atoms with Crippen molar-refractivity contribution in [1.29, 1.82) is 0 Å². The number of rotatable bonds is 6. The quantitative estimate of drug-likeness (QED) is 0.731. The average molecular weight is 295 g/mol. The lowest BCUT2D eigenvalue weighted by Gasteiger charge is -2.44. The van der Waals surface area contributed by atoms with Crippen molar-refractivity contribution in [1.82, 2.24) is 15.1 Å². The fraction of sp³-hybridized carbons (Fsp3) is 0.938. The molecule has 2 atom stereocenters. The van der Waals surface area contributed by atoms with Crippen molar-refractivity contribution in [2.24, 2.45) is 5.92 Å². The minimum atomic E-state index is -0.472. The third kappa shape index (κ3) is 3.25. The van der Waals surface area contributed by atoms with E-state index in [9.17, 15) is 4.79 Å². The van der Waals surface area contributed by atoms with Crippen molar-refractivity contribution >= 4 is 5.97 Å². The number of hydrogen-bond acceptors (Lipinski definition) is 5. The van der Waals surface area contributed by atoms with Crippen LogP contribution < -0.4 is 5.32 Å². The largest absolute Gasteiger partial charge is 0.468 e. The molecule has 0 aromatic heterocycles. The molecule has 3 rings (SSSR count). The van der Waals surface area contributed by atoms with Gasteiger partial charge in [0.05, 0.1) is 7.11 Å². The van der Waals surface area contributed by atoms with Gasteiger partial charge in [-0.15, -0.1) is 0 Å². The molecule has 120 valence electrons. The summed E-state index contributed by atoms with van der Waals surface area (Å²) in [5.41, 5.74) is -0.472. The Labute approximate surface area is 128 Å². The van der Waals surface area contributed by atoms with Crippen LogP contribution in [0.5, 0.6) is 0 Å². The van der Waals surface area contributed by atoms with Crippen molar-refractivity contribution in [2.45, 2.75) is 50.2 Å². The van der Waals surface area contributed by atoms with Crippen LogP contribution in [-0.4, -0.2) is 73.7 Å². The molecular weight excluding hydrogens is 266 g/mol. The van der Waals surface area contributed by atoms with Gasteiger partial charge in [0, 0.05) is 38.3 Å². The van der Waals surface area contributed by atoms with Gasteiger partial charge >= 0.3 is 5.97 Å². The number of likely N-dealkylation sites (N-methyl/N-ethyl adjacent to an activating group) is 1. The Balaban J connectivity index is 1.75. The molecule has 3 aliphatic rings. The highest BCUT2D eigenvalue weighted by molar-refractivity contribution is 5.82. The molecule has 21 heavy (non-hydrogen) atoms. The lowest BCUT2D eigenvalue weighted by molar-refractivity contribution is -0.151. The number of ether oxygens (including phenoxy) is 1. The average Bonchev–Trinajstić information content (AvgIpc) is 3.32. The van der Waals surface area contributed by atoms with E-state index in [0.29, 0.717) is 18.0 Å². The maximum absolute atomic E-state index is 12.6. The van der Waals surface area contributed by atoms with Crippen LogP contribution >= 0.6 is 0 Å². The van der Waals surface area contributed by atoms with Gasteiger partial charge in [0.15, 0.2) is 0 Å². The highest BCUT2D eigenvalue weighted by Crippen LogP contribution is 2.43. The number of hydrogen-bond donors (Lipinski definition) is 1. The Hall–Kier alpha value is -0.650. The monoisotopic (exact) mass is 295 g/mol. The summed E-state index contributed by atoms with van der Waals surface area (Å²) in [6, 6.07) is 1.01. The van der Waals surface area contributed by atoms with Gasteiger partial charge in [0.2, 0.25) is 0 Å². The molecule has 0 radical (unpaired) electrons. The molecule has 1 saturated heterocycles. The topological polar surface area (TPSA) is 44.8 Å². The minimum Gasteiger partial charge on any atom is -0.468 e. The van der Waals surface area contributed by atoms with Gasteiger partial charge < -0.3 is 9.64 Å². The second kappa shape index (κ2) is 5.86. The van der Waals surface area contributed by atoms with Crippen LogP contribution in [0.15, 0.2) is 0 Å². The molecule has 0 bridgehead atoms. The van der Waals surface area contributed by atoms with Crippen LogP contribution in [-0.2, 0) is 9.53 Å². The van der Waals surface area contributed by atoms with Crippen LogP contribution in [0.4, 0.5) is 0 Å². The molecule has 2 aliphatic carbocycles. The number of nitrogens with zero attached hydrogens (tertiary/aromatic N) is 2. The highest BCUT2D eigenvalue weighted by Gasteiger charge is 2.55. The Morgan fingerprint density at radius 3 is 2.52 bits per heavy atom. The Kier molecular flexibility index (Phi) is 4.26. The van der Waals surface area contributed by atoms with Crippen LogP contribution in [0.2, 0.25) is 0 Å². The number of methoxy groups -OCH3 is 1. The number of carbonyl (C=O) groups is 1. The Bertz CT molecular complexity index is 395. The molecule has 2 unspecified atom stereocenters. The summed E-state index contributed by atoms with van der Waals surface area (Å²) in [5, 5.41) is 3.67. The van der Waals surface area contributed by atoms with Crippen LogP contribution in [0.25, 0.3) is 0 Å². The third-order valence-electron chi connectivity index (χ3n) is 5.28. The summed E-state index contributed by atoms with van der Waals surface area (Å²) in [6.07, 6.45) is 4.70. The van der Waals surface area contributed by atoms with Gasteiger partial charge in [-0.3, -0.25) is 10.2 Å². The third-order valence-corrected chi connectivity index (χ3v) is 5.28. The molecule has 0 aromatic carbocycles. The summed E-state index contributed by atoms with van der Waals surface area (Å²) < 4.78 is 5.21. The summed E-state index contributed by atoms with van der Waals surface area (Å²) in [4.78, 5) is 17.4. The molecule has 5 heteroatoms. The van der Waals surface area contributed by atoms with Gasteiger partial charge in [-0.25, -0.2) is 4.79 Å². The first-order valence-electron chi connectivity index (χ1n) is 8.34. The Morgan fingerprint density at radius 2 is 2.00 bits per heavy atom. The molecule has 1 aliphatic heterocycles. The first-order valence-corrected chi connectivity index (χ1v) is 8.34. The fourth-order valence-electron chi connectivity index (χ4n) is 3.67. The molecular formula is C16H29N3O2. The predicted octanol–water partition coefficient (Wildman–Crippen LogP) is 0.696. The molecule has 1 heterocycles. The zero-order chi connectivity index (χ0) is 15.0. The normalized spacial score (nSPS) is 30.9. The Morgan fingerprint density at radius 1 is 1.29 bits per heavy atom. The molecule has 5 nitrogen and oxygen atoms in total. The van der Waals surface area contributed by atoms with E-state index in [4.69, 9.17) is 4.74 Å². The summed E-state index contributed by atoms with van der Waals surface area (Å²) in [5.74, 6) is 0.403. The minimum absolute atomic E-state index is 0.0528. The second-order valence-corrected chi connectivity index (χ2v) is 7.24. The van der Waals surface area contributed by atoms with E-state index in [2.05, 4.69) is 29.1 Å². The summed E-state index contributed by atoms with van der Waals surface area (Å²) in [7, 11) is 3.70. The molecule has 2 saturated carbocycles. The maximum Gasteiger partial charge on any atom is 0.327 e. The van der Waals surface area contributed by atoms with Crippen LogP contribution in [0.3, 0.4) is 0 Å². The van der Waals surface area contributed by atoms with Crippen molar-refractivity contribution in [3.63, 3.8) is 0 Å². The van der Waals surface area contributed by atoms with E-state index in [1.54, 1.807) is 0 Å². The number of esters is 1. The lowest BCUT2D eigenvalue weighted by atomic mass is 9.90. The smallest absolute Gasteiger partial charge is 0.327 e. The number of nitrogens with one attached hydrogen (secondary N) is 1. The van der Waals surface area contributed by atoms with E-state index in [-0.39, 0.29) is 5.97 Å². The standard InChI is InChI=1S/C16H29N3O2/c1-12-10-18(2)8-9-19(12)11-16(13-4-5-13,15(20)21-3)17-14-6-7-14/h12-14,17H,4-11H2,1-3H3. The van der Waals surface area contributed by atoms with Crippen molar-refractivity contribution in [3.05, 3.63) is 0 Å². The summed E-state index contributed by atoms with van der Waals surface area (Å²) >= 11 is 0. The molecule has 0 aromatic rings. The second-order valence-electron chi connectivity index (χ2n) is 7.24. The van der Waals surface area contributed by atoms with E-state index in [1.165, 1.54) is 20.0 Å². The first kappa shape index (κ1) is 15.3. The van der Waals surface area contributed by atoms with E-state index < -0.39 is 5.54 Å². The van der Waals surface area contributed by atoms with Crippen molar-refractivity contribution in [2.75, 3.05) is 40.3 Å². The zero-order valence-electron chi connectivity index (χ0n) is 13.6. The number of carbonyl (C=O) groups excluding carboxylic acids is 1. The first-order chi connectivity index (χ1) is 10.0. The van der Waals surface area contributed by atoms with Gasteiger partial charge in [-0.1, -0.05) is 0 Å². The lowest BCUT2D eigenvalue weighted by Crippen LogP contribution is -2.65. The van der Waals surface area contributed by atoms with Crippen LogP contribution in [0, 0.1) is 5.92 Å². The zero-order valence-corrected chi connectivity index (χ0v) is 13.6. The molecule has 0 amide bonds. The van der Waals surface area contributed by atoms with E-state index in [1.807, 2.05) is 0 Å². The molecule has 3 fully saturated rings. The van der Waals surface area contributed by atoms with Crippen LogP contribution in [0.1, 0.15) is 32.6 Å². The van der Waals surface area contributed by atoms with Crippen molar-refractivity contribution < 1.29 is 9.53 Å². The van der Waals surface area contributed by atoms with Crippen molar-refractivity contribution in [3.8, 4) is 0 Å². The highest BCUT2D eigenvalue weighted by atomic mass is 16.5.